The lowest BCUT2D eigenvalue weighted by atomic mass is 10.1. The van der Waals surface area contributed by atoms with Crippen LogP contribution in [0.4, 0.5) is 24.5 Å². The Morgan fingerprint density at radius 2 is 1.76 bits per heavy atom. The van der Waals surface area contributed by atoms with Crippen molar-refractivity contribution in [3.05, 3.63) is 89.9 Å². The van der Waals surface area contributed by atoms with Crippen LogP contribution in [0.25, 0.3) is 5.65 Å². The standard InChI is InChI=1S/C24H19F3N4O2S/c1-15(32)28-20-10-7-17(24(25,26)27)12-21(20)30-23(33)16-5-8-19(9-6-16)34-14-18-13-31-11-3-2-4-22(31)29-18/h2-13H,14H2,1H3,(H,28,32)(H,30,33). The van der Waals surface area contributed by atoms with E-state index in [-0.39, 0.29) is 16.9 Å². The van der Waals surface area contributed by atoms with Gasteiger partial charge in [-0.3, -0.25) is 9.59 Å². The second kappa shape index (κ2) is 9.60. The zero-order valence-corrected chi connectivity index (χ0v) is 18.7. The Kier molecular flexibility index (Phi) is 6.60. The van der Waals surface area contributed by atoms with Crippen LogP contribution in [0.2, 0.25) is 0 Å². The highest BCUT2D eigenvalue weighted by atomic mass is 32.2. The molecule has 2 aromatic heterocycles. The maximum absolute atomic E-state index is 13.1. The van der Waals surface area contributed by atoms with Crippen LogP contribution in [0.15, 0.2) is 78.0 Å². The van der Waals surface area contributed by atoms with Crippen LogP contribution < -0.4 is 10.6 Å². The molecule has 2 amide bonds. The Labute approximate surface area is 197 Å². The first kappa shape index (κ1) is 23.4. The van der Waals surface area contributed by atoms with Crippen LogP contribution in [0.1, 0.15) is 28.5 Å². The molecule has 6 nitrogen and oxygen atoms in total. The number of hydrogen-bond donors (Lipinski definition) is 2. The van der Waals surface area contributed by atoms with E-state index in [0.717, 1.165) is 34.4 Å². The van der Waals surface area contributed by atoms with Gasteiger partial charge in [0, 0.05) is 35.5 Å². The summed E-state index contributed by atoms with van der Waals surface area (Å²) in [6.45, 7) is 1.23. The number of nitrogens with zero attached hydrogens (tertiary/aromatic N) is 2. The summed E-state index contributed by atoms with van der Waals surface area (Å²) >= 11 is 1.55. The number of benzene rings is 2. The molecule has 0 aliphatic carbocycles. The largest absolute Gasteiger partial charge is 0.416 e. The molecule has 2 aromatic carbocycles. The first-order valence-electron chi connectivity index (χ1n) is 10.1. The minimum atomic E-state index is -4.59. The SMILES string of the molecule is CC(=O)Nc1ccc(C(F)(F)F)cc1NC(=O)c1ccc(SCc2cn3ccccc3n2)cc1. The third kappa shape index (κ3) is 5.57. The fraction of sp³-hybridized carbons (Fsp3) is 0.125. The molecule has 0 spiro atoms. The molecular formula is C24H19F3N4O2S. The summed E-state index contributed by atoms with van der Waals surface area (Å²) in [5, 5.41) is 4.89. The average molecular weight is 485 g/mol. The number of fused-ring (bicyclic) bond motifs is 1. The summed E-state index contributed by atoms with van der Waals surface area (Å²) < 4.78 is 41.3. The van der Waals surface area contributed by atoms with E-state index in [0.29, 0.717) is 5.75 Å². The summed E-state index contributed by atoms with van der Waals surface area (Å²) in [6, 6.07) is 15.2. The van der Waals surface area contributed by atoms with Gasteiger partial charge in [0.05, 0.1) is 22.6 Å². The molecule has 0 saturated carbocycles. The van der Waals surface area contributed by atoms with Gasteiger partial charge in [-0.25, -0.2) is 4.98 Å². The van der Waals surface area contributed by atoms with E-state index in [9.17, 15) is 22.8 Å². The van der Waals surface area contributed by atoms with Gasteiger partial charge < -0.3 is 15.0 Å². The molecule has 4 rings (SSSR count). The monoisotopic (exact) mass is 484 g/mol. The molecule has 174 valence electrons. The maximum Gasteiger partial charge on any atom is 0.416 e. The number of alkyl halides is 3. The van der Waals surface area contributed by atoms with Crippen molar-refractivity contribution in [1.82, 2.24) is 9.38 Å². The lowest BCUT2D eigenvalue weighted by molar-refractivity contribution is -0.137. The molecule has 34 heavy (non-hydrogen) atoms. The van der Waals surface area contributed by atoms with Gasteiger partial charge in [-0.05, 0) is 54.6 Å². The molecule has 2 N–H and O–H groups in total. The molecule has 0 bridgehead atoms. The second-order valence-electron chi connectivity index (χ2n) is 7.40. The molecule has 0 unspecified atom stereocenters. The van der Waals surface area contributed by atoms with E-state index >= 15 is 0 Å². The number of halogens is 3. The van der Waals surface area contributed by atoms with E-state index in [1.165, 1.54) is 6.92 Å². The normalized spacial score (nSPS) is 11.4. The van der Waals surface area contributed by atoms with E-state index in [1.54, 1.807) is 36.0 Å². The Bertz CT molecular complexity index is 1320. The minimum absolute atomic E-state index is 0.0773. The Morgan fingerprint density at radius 1 is 1.00 bits per heavy atom. The number of carbonyl (C=O) groups excluding carboxylic acids is 2. The molecule has 0 aliphatic rings. The van der Waals surface area contributed by atoms with Gasteiger partial charge in [0.2, 0.25) is 5.91 Å². The molecule has 0 fully saturated rings. The summed E-state index contributed by atoms with van der Waals surface area (Å²) in [5.41, 5.74) is 1.04. The number of pyridine rings is 1. The number of thioether (sulfide) groups is 1. The highest BCUT2D eigenvalue weighted by Crippen LogP contribution is 2.34. The lowest BCUT2D eigenvalue weighted by Gasteiger charge is -2.15. The van der Waals surface area contributed by atoms with Crippen molar-refractivity contribution in [3.63, 3.8) is 0 Å². The first-order chi connectivity index (χ1) is 16.2. The first-order valence-corrected chi connectivity index (χ1v) is 11.1. The summed E-state index contributed by atoms with van der Waals surface area (Å²) in [6.07, 6.45) is -0.717. The van der Waals surface area contributed by atoms with Crippen molar-refractivity contribution in [1.29, 1.82) is 0 Å². The van der Waals surface area contributed by atoms with Crippen LogP contribution >= 0.6 is 11.8 Å². The topological polar surface area (TPSA) is 75.5 Å². The molecule has 10 heteroatoms. The molecule has 0 saturated heterocycles. The molecule has 0 aliphatic heterocycles. The van der Waals surface area contributed by atoms with Gasteiger partial charge in [0.15, 0.2) is 0 Å². The molecular weight excluding hydrogens is 465 g/mol. The number of amides is 2. The summed E-state index contributed by atoms with van der Waals surface area (Å²) in [5.74, 6) is -0.428. The van der Waals surface area contributed by atoms with Gasteiger partial charge in [-0.2, -0.15) is 13.2 Å². The number of hydrogen-bond acceptors (Lipinski definition) is 4. The van der Waals surface area contributed by atoms with Crippen LogP contribution in [-0.2, 0) is 16.7 Å². The number of rotatable bonds is 6. The number of anilines is 2. The number of imidazole rings is 1. The molecule has 0 atom stereocenters. The maximum atomic E-state index is 13.1. The van der Waals surface area contributed by atoms with Crippen molar-refractivity contribution < 1.29 is 22.8 Å². The van der Waals surface area contributed by atoms with Crippen LogP contribution in [0.5, 0.6) is 0 Å². The molecule has 0 radical (unpaired) electrons. The predicted octanol–water partition coefficient (Wildman–Crippen LogP) is 5.86. The zero-order chi connectivity index (χ0) is 24.3. The zero-order valence-electron chi connectivity index (χ0n) is 17.9. The van der Waals surface area contributed by atoms with Crippen molar-refractivity contribution >= 4 is 40.6 Å². The van der Waals surface area contributed by atoms with Crippen LogP contribution in [0.3, 0.4) is 0 Å². The van der Waals surface area contributed by atoms with Crippen molar-refractivity contribution in [3.8, 4) is 0 Å². The summed E-state index contributed by atoms with van der Waals surface area (Å²) in [7, 11) is 0. The predicted molar refractivity (Wildman–Crippen MR) is 125 cm³/mol. The average Bonchev–Trinajstić information content (AvgIpc) is 3.21. The van der Waals surface area contributed by atoms with E-state index < -0.39 is 23.6 Å². The minimum Gasteiger partial charge on any atom is -0.325 e. The fourth-order valence-electron chi connectivity index (χ4n) is 3.23. The quantitative estimate of drug-likeness (QED) is 0.337. The summed E-state index contributed by atoms with van der Waals surface area (Å²) in [4.78, 5) is 29.5. The number of carbonyl (C=O) groups is 2. The van der Waals surface area contributed by atoms with E-state index in [1.807, 2.05) is 35.0 Å². The Hall–Kier alpha value is -3.79. The van der Waals surface area contributed by atoms with Gasteiger partial charge in [0.25, 0.3) is 5.91 Å². The number of aromatic nitrogens is 2. The van der Waals surface area contributed by atoms with Gasteiger partial charge in [-0.1, -0.05) is 6.07 Å². The molecule has 4 aromatic rings. The Balaban J connectivity index is 1.45. The number of nitrogens with one attached hydrogen (secondary N) is 2. The third-order valence-corrected chi connectivity index (χ3v) is 5.87. The smallest absolute Gasteiger partial charge is 0.325 e. The Morgan fingerprint density at radius 3 is 2.44 bits per heavy atom. The van der Waals surface area contributed by atoms with E-state index in [4.69, 9.17) is 0 Å². The fourth-order valence-corrected chi connectivity index (χ4v) is 4.02. The van der Waals surface area contributed by atoms with Crippen LogP contribution in [0, 0.1) is 0 Å². The lowest BCUT2D eigenvalue weighted by Crippen LogP contribution is -2.16. The van der Waals surface area contributed by atoms with Crippen molar-refractivity contribution in [2.24, 2.45) is 0 Å². The van der Waals surface area contributed by atoms with E-state index in [2.05, 4.69) is 15.6 Å². The third-order valence-electron chi connectivity index (χ3n) is 4.82. The van der Waals surface area contributed by atoms with Crippen molar-refractivity contribution in [2.75, 3.05) is 10.6 Å². The van der Waals surface area contributed by atoms with Crippen LogP contribution in [-0.4, -0.2) is 21.2 Å². The second-order valence-corrected chi connectivity index (χ2v) is 8.45. The highest BCUT2D eigenvalue weighted by molar-refractivity contribution is 7.98. The van der Waals surface area contributed by atoms with Gasteiger partial charge >= 0.3 is 6.18 Å². The molecule has 2 heterocycles. The van der Waals surface area contributed by atoms with Gasteiger partial charge in [-0.15, -0.1) is 11.8 Å². The van der Waals surface area contributed by atoms with Crippen molar-refractivity contribution in [2.45, 2.75) is 23.7 Å². The highest BCUT2D eigenvalue weighted by Gasteiger charge is 2.31. The van der Waals surface area contributed by atoms with Gasteiger partial charge in [0.1, 0.15) is 5.65 Å².